The van der Waals surface area contributed by atoms with Crippen molar-refractivity contribution in [2.45, 2.75) is 0 Å². The van der Waals surface area contributed by atoms with E-state index in [2.05, 4.69) is 0 Å². The van der Waals surface area contributed by atoms with Gasteiger partial charge in [0.05, 0.1) is 0 Å². The Morgan fingerprint density at radius 3 is 1.12 bits per heavy atom. The Morgan fingerprint density at radius 1 is 0.875 bits per heavy atom. The van der Waals surface area contributed by atoms with Crippen LogP contribution in [0.25, 0.3) is 0 Å². The normalized spacial score (nSPS) is 7.50. The molecule has 0 amide bonds. The van der Waals surface area contributed by atoms with Crippen LogP contribution >= 0.6 is 23.2 Å². The quantitative estimate of drug-likeness (QED) is 0.551. The van der Waals surface area contributed by atoms with Gasteiger partial charge in [0, 0.05) is 11.8 Å². The van der Waals surface area contributed by atoms with Gasteiger partial charge in [0.2, 0.25) is 0 Å². The molecule has 52 valence electrons. The van der Waals surface area contributed by atoms with Crippen LogP contribution in [0.3, 0.4) is 0 Å². The monoisotopic (exact) mass is 164 g/mol. The predicted octanol–water partition coefficient (Wildman–Crippen LogP) is 2.39. The summed E-state index contributed by atoms with van der Waals surface area (Å²) in [6.07, 6.45) is 0. The van der Waals surface area contributed by atoms with E-state index in [0.29, 0.717) is 11.8 Å². The van der Waals surface area contributed by atoms with Gasteiger partial charge in [-0.1, -0.05) is 0 Å². The third-order valence-corrected chi connectivity index (χ3v) is 0.714. The fourth-order valence-corrected chi connectivity index (χ4v) is 0. The summed E-state index contributed by atoms with van der Waals surface area (Å²) < 4.78 is 20.7. The number of hydrogen-bond acceptors (Lipinski definition) is 0. The van der Waals surface area contributed by atoms with Crippen LogP contribution < -0.4 is 0 Å². The van der Waals surface area contributed by atoms with Crippen molar-refractivity contribution in [3.63, 3.8) is 0 Å². The van der Waals surface area contributed by atoms with E-state index < -0.39 is 13.3 Å². The summed E-state index contributed by atoms with van der Waals surface area (Å²) in [6, 6.07) is 0. The van der Waals surface area contributed by atoms with Crippen LogP contribution in [-0.4, -0.2) is 25.1 Å². The molecule has 0 saturated carbocycles. The molecule has 4 heteroatoms. The minimum Gasteiger partial charge on any atom is -0.248 e. The number of hydrogen-bond donors (Lipinski definition) is 0. The molecule has 0 spiro atoms. The lowest BCUT2D eigenvalue weighted by Gasteiger charge is -1.63. The largest absolute Gasteiger partial charge is 0.248 e. The van der Waals surface area contributed by atoms with Crippen molar-refractivity contribution in [1.29, 1.82) is 0 Å². The Balaban J connectivity index is 0. The highest BCUT2D eigenvalue weighted by Crippen LogP contribution is 1.75. The van der Waals surface area contributed by atoms with Crippen molar-refractivity contribution in [3.05, 3.63) is 0 Å². The van der Waals surface area contributed by atoms with Crippen molar-refractivity contribution in [2.75, 3.05) is 25.1 Å². The summed E-state index contributed by atoms with van der Waals surface area (Å²) in [5.41, 5.74) is 0. The maximum absolute atomic E-state index is 10.3. The maximum Gasteiger partial charge on any atom is 0.118 e. The first-order valence-electron chi connectivity index (χ1n) is 2.07. The molecule has 0 N–H and O–H groups in total. The second-order valence-corrected chi connectivity index (χ2v) is 1.51. The SMILES string of the molecule is ClCCCl.FCCF. The fraction of sp³-hybridized carbons (Fsp3) is 1.00. The van der Waals surface area contributed by atoms with E-state index in [0.717, 1.165) is 0 Å². The van der Waals surface area contributed by atoms with Crippen LogP contribution in [0.4, 0.5) is 8.78 Å². The van der Waals surface area contributed by atoms with Gasteiger partial charge >= 0.3 is 0 Å². The average molecular weight is 165 g/mol. The third kappa shape index (κ3) is 32.0. The van der Waals surface area contributed by atoms with Crippen LogP contribution in [0.1, 0.15) is 0 Å². The highest BCUT2D eigenvalue weighted by molar-refractivity contribution is 6.25. The molecule has 0 saturated heterocycles. The minimum atomic E-state index is -0.847. The van der Waals surface area contributed by atoms with Crippen LogP contribution in [0.15, 0.2) is 0 Å². The first kappa shape index (κ1) is 11.3. The number of halogens is 4. The topological polar surface area (TPSA) is 0 Å². The maximum atomic E-state index is 10.3. The Morgan fingerprint density at radius 2 is 1.12 bits per heavy atom. The van der Waals surface area contributed by atoms with E-state index >= 15 is 0 Å². The van der Waals surface area contributed by atoms with Gasteiger partial charge in [-0.2, -0.15) is 0 Å². The highest BCUT2D eigenvalue weighted by Gasteiger charge is 1.65. The third-order valence-electron chi connectivity index (χ3n) is 0.143. The van der Waals surface area contributed by atoms with Crippen molar-refractivity contribution in [1.82, 2.24) is 0 Å². The van der Waals surface area contributed by atoms with E-state index in [1.807, 2.05) is 0 Å². The molecule has 0 heterocycles. The van der Waals surface area contributed by atoms with E-state index in [4.69, 9.17) is 23.2 Å². The molecule has 0 aromatic heterocycles. The molecule has 0 radical (unpaired) electrons. The van der Waals surface area contributed by atoms with Crippen molar-refractivity contribution in [3.8, 4) is 0 Å². The van der Waals surface area contributed by atoms with Crippen molar-refractivity contribution in [2.24, 2.45) is 0 Å². The van der Waals surface area contributed by atoms with Gasteiger partial charge in [0.1, 0.15) is 13.3 Å². The van der Waals surface area contributed by atoms with Crippen LogP contribution in [0.2, 0.25) is 0 Å². The smallest absolute Gasteiger partial charge is 0.118 e. The zero-order chi connectivity index (χ0) is 6.83. The Kier molecular flexibility index (Phi) is 22.0. The molecular weight excluding hydrogens is 157 g/mol. The number of alkyl halides is 4. The highest BCUT2D eigenvalue weighted by atomic mass is 35.5. The molecule has 0 aliphatic carbocycles. The second kappa shape index (κ2) is 15.7. The predicted molar refractivity (Wildman–Crippen MR) is 33.4 cm³/mol. The Hall–Kier alpha value is 0.440. The molecule has 0 aromatic rings. The summed E-state index contributed by atoms with van der Waals surface area (Å²) >= 11 is 10.1. The van der Waals surface area contributed by atoms with Gasteiger partial charge in [-0.3, -0.25) is 0 Å². The van der Waals surface area contributed by atoms with E-state index in [1.54, 1.807) is 0 Å². The first-order valence-corrected chi connectivity index (χ1v) is 3.14. The molecule has 0 unspecified atom stereocenters. The molecule has 0 bridgehead atoms. The van der Waals surface area contributed by atoms with Crippen LogP contribution in [-0.2, 0) is 0 Å². The van der Waals surface area contributed by atoms with Gasteiger partial charge in [-0.15, -0.1) is 23.2 Å². The minimum absolute atomic E-state index is 0.557. The van der Waals surface area contributed by atoms with Gasteiger partial charge in [-0.05, 0) is 0 Å². The molecule has 0 aliphatic rings. The van der Waals surface area contributed by atoms with E-state index in [1.165, 1.54) is 0 Å². The molecule has 0 rings (SSSR count). The zero-order valence-electron chi connectivity index (χ0n) is 4.34. The summed E-state index contributed by atoms with van der Waals surface area (Å²) in [7, 11) is 0. The summed E-state index contributed by atoms with van der Waals surface area (Å²) in [5, 5.41) is 0. The van der Waals surface area contributed by atoms with Crippen LogP contribution in [0.5, 0.6) is 0 Å². The molecule has 0 nitrogen and oxygen atoms in total. The standard InChI is InChI=1S/C2H4Cl2.C2H4F2/c2*3-1-2-4/h2*1-2H2. The number of rotatable bonds is 2. The molecular formula is C4H8Cl2F2. The Labute approximate surface area is 57.8 Å². The van der Waals surface area contributed by atoms with E-state index in [-0.39, 0.29) is 0 Å². The summed E-state index contributed by atoms with van der Waals surface area (Å²) in [5.74, 6) is 1.11. The molecule has 8 heavy (non-hydrogen) atoms. The lowest BCUT2D eigenvalue weighted by atomic mass is 10.9. The average Bonchev–Trinajstić information content (AvgIpc) is 1.88. The van der Waals surface area contributed by atoms with Crippen LogP contribution in [0, 0.1) is 0 Å². The zero-order valence-corrected chi connectivity index (χ0v) is 5.85. The lowest BCUT2D eigenvalue weighted by Crippen LogP contribution is -1.68. The van der Waals surface area contributed by atoms with Crippen molar-refractivity contribution < 1.29 is 8.78 Å². The molecule has 0 atom stereocenters. The second-order valence-electron chi connectivity index (χ2n) is 0.756. The van der Waals surface area contributed by atoms with Gasteiger partial charge < -0.3 is 0 Å². The van der Waals surface area contributed by atoms with E-state index in [9.17, 15) is 8.78 Å². The lowest BCUT2D eigenvalue weighted by molar-refractivity contribution is 0.380. The van der Waals surface area contributed by atoms with Gasteiger partial charge in [0.15, 0.2) is 0 Å². The molecule has 0 aromatic carbocycles. The summed E-state index contributed by atoms with van der Waals surface area (Å²) in [6.45, 7) is -1.69. The molecule has 0 fully saturated rings. The first-order chi connectivity index (χ1) is 3.83. The van der Waals surface area contributed by atoms with Gasteiger partial charge in [0.25, 0.3) is 0 Å². The fourth-order valence-electron chi connectivity index (χ4n) is 0. The molecule has 0 aliphatic heterocycles. The summed E-state index contributed by atoms with van der Waals surface area (Å²) in [4.78, 5) is 0. The van der Waals surface area contributed by atoms with Gasteiger partial charge in [-0.25, -0.2) is 8.78 Å². The van der Waals surface area contributed by atoms with Crippen molar-refractivity contribution >= 4 is 23.2 Å². The Bertz CT molecular complexity index is 20.0.